The summed E-state index contributed by atoms with van der Waals surface area (Å²) in [5.41, 5.74) is 0. The summed E-state index contributed by atoms with van der Waals surface area (Å²) < 4.78 is 11.0. The van der Waals surface area contributed by atoms with Crippen LogP contribution in [0, 0.1) is 0 Å². The van der Waals surface area contributed by atoms with E-state index in [2.05, 4.69) is 19.1 Å². The van der Waals surface area contributed by atoms with E-state index in [0.29, 0.717) is 6.61 Å². The van der Waals surface area contributed by atoms with Crippen molar-refractivity contribution in [3.8, 4) is 0 Å². The SMILES string of the molecule is CCCCC/C=C/CCCCCCCCCO[C@H](CO)[C@H]1OC[C@H](O)[C@H]1O. The summed E-state index contributed by atoms with van der Waals surface area (Å²) in [5.74, 6) is 0. The maximum atomic E-state index is 9.81. The van der Waals surface area contributed by atoms with Gasteiger partial charge in [-0.3, -0.25) is 0 Å². The Morgan fingerprint density at radius 1 is 0.926 bits per heavy atom. The third-order valence-electron chi connectivity index (χ3n) is 5.22. The monoisotopic (exact) mass is 386 g/mol. The molecule has 1 aliphatic rings. The highest BCUT2D eigenvalue weighted by molar-refractivity contribution is 4.88. The van der Waals surface area contributed by atoms with Gasteiger partial charge in [0.15, 0.2) is 0 Å². The molecule has 0 bridgehead atoms. The number of aliphatic hydroxyl groups is 3. The van der Waals surface area contributed by atoms with Crippen LogP contribution in [-0.2, 0) is 9.47 Å². The molecule has 0 aromatic carbocycles. The number of ether oxygens (including phenoxy) is 2. The van der Waals surface area contributed by atoms with Crippen molar-refractivity contribution in [2.75, 3.05) is 19.8 Å². The Morgan fingerprint density at radius 3 is 2.07 bits per heavy atom. The second kappa shape index (κ2) is 16.5. The van der Waals surface area contributed by atoms with E-state index in [9.17, 15) is 15.3 Å². The molecule has 0 amide bonds. The van der Waals surface area contributed by atoms with Crippen molar-refractivity contribution in [1.29, 1.82) is 0 Å². The molecule has 1 rings (SSSR count). The van der Waals surface area contributed by atoms with Gasteiger partial charge in [0, 0.05) is 6.61 Å². The minimum absolute atomic E-state index is 0.0976. The van der Waals surface area contributed by atoms with Crippen molar-refractivity contribution in [1.82, 2.24) is 0 Å². The second-order valence-electron chi connectivity index (χ2n) is 7.68. The van der Waals surface area contributed by atoms with Crippen molar-refractivity contribution in [3.63, 3.8) is 0 Å². The Labute approximate surface area is 165 Å². The molecular weight excluding hydrogens is 344 g/mol. The number of hydrogen-bond donors (Lipinski definition) is 3. The van der Waals surface area contributed by atoms with E-state index in [1.165, 1.54) is 64.2 Å². The highest BCUT2D eigenvalue weighted by atomic mass is 16.6. The van der Waals surface area contributed by atoms with Crippen LogP contribution in [0.4, 0.5) is 0 Å². The number of aliphatic hydroxyl groups excluding tert-OH is 3. The topological polar surface area (TPSA) is 79.2 Å². The minimum Gasteiger partial charge on any atom is -0.394 e. The molecule has 5 heteroatoms. The third-order valence-corrected chi connectivity index (χ3v) is 5.22. The molecule has 0 radical (unpaired) electrons. The van der Waals surface area contributed by atoms with E-state index in [4.69, 9.17) is 9.47 Å². The predicted molar refractivity (Wildman–Crippen MR) is 109 cm³/mol. The van der Waals surface area contributed by atoms with Gasteiger partial charge in [0.25, 0.3) is 0 Å². The summed E-state index contributed by atoms with van der Waals surface area (Å²) in [6, 6.07) is 0. The highest BCUT2D eigenvalue weighted by Gasteiger charge is 2.40. The second-order valence-corrected chi connectivity index (χ2v) is 7.68. The summed E-state index contributed by atoms with van der Waals surface area (Å²) in [4.78, 5) is 0. The number of hydrogen-bond acceptors (Lipinski definition) is 5. The van der Waals surface area contributed by atoms with E-state index in [1.54, 1.807) is 0 Å². The fourth-order valence-corrected chi connectivity index (χ4v) is 3.44. The quantitative estimate of drug-likeness (QED) is 0.262. The maximum Gasteiger partial charge on any atom is 0.114 e. The average Bonchev–Trinajstić information content (AvgIpc) is 3.00. The number of rotatable bonds is 17. The Morgan fingerprint density at radius 2 is 1.52 bits per heavy atom. The van der Waals surface area contributed by atoms with Gasteiger partial charge in [-0.25, -0.2) is 0 Å². The highest BCUT2D eigenvalue weighted by Crippen LogP contribution is 2.20. The third kappa shape index (κ3) is 11.2. The summed E-state index contributed by atoms with van der Waals surface area (Å²) >= 11 is 0. The van der Waals surface area contributed by atoms with Gasteiger partial charge in [0.2, 0.25) is 0 Å². The number of unbranched alkanes of at least 4 members (excludes halogenated alkanes) is 10. The summed E-state index contributed by atoms with van der Waals surface area (Å²) in [7, 11) is 0. The lowest BCUT2D eigenvalue weighted by Gasteiger charge is -2.24. The summed E-state index contributed by atoms with van der Waals surface area (Å²) in [6.07, 6.45) is 16.5. The van der Waals surface area contributed by atoms with Crippen LogP contribution in [0.5, 0.6) is 0 Å². The molecule has 0 unspecified atom stereocenters. The molecule has 0 aliphatic carbocycles. The van der Waals surface area contributed by atoms with E-state index in [-0.39, 0.29) is 13.2 Å². The van der Waals surface area contributed by atoms with E-state index >= 15 is 0 Å². The summed E-state index contributed by atoms with van der Waals surface area (Å²) in [6.45, 7) is 2.68. The van der Waals surface area contributed by atoms with Crippen molar-refractivity contribution in [3.05, 3.63) is 12.2 Å². The number of allylic oxidation sites excluding steroid dienone is 2. The lowest BCUT2D eigenvalue weighted by Crippen LogP contribution is -2.42. The molecule has 0 spiro atoms. The smallest absolute Gasteiger partial charge is 0.114 e. The van der Waals surface area contributed by atoms with Crippen LogP contribution in [0.3, 0.4) is 0 Å². The maximum absolute atomic E-state index is 9.81. The zero-order chi connectivity index (χ0) is 19.7. The molecule has 1 saturated heterocycles. The van der Waals surface area contributed by atoms with Crippen LogP contribution in [0.2, 0.25) is 0 Å². The molecule has 0 aromatic rings. The van der Waals surface area contributed by atoms with Crippen molar-refractivity contribution in [2.45, 2.75) is 108 Å². The van der Waals surface area contributed by atoms with Crippen LogP contribution in [-0.4, -0.2) is 59.6 Å². The molecule has 1 heterocycles. The zero-order valence-corrected chi connectivity index (χ0v) is 17.2. The standard InChI is InChI=1S/C22H42O5/c1-2-3-4-5-6-7-8-9-10-11-12-13-14-15-16-26-20(17-23)22-21(25)19(24)18-27-22/h6-7,19-25H,2-5,8-18H2,1H3/b7-6+/t19-,20+,21+,22+/m0/s1. The van der Waals surface area contributed by atoms with Crippen LogP contribution in [0.15, 0.2) is 12.2 Å². The average molecular weight is 387 g/mol. The van der Waals surface area contributed by atoms with E-state index < -0.39 is 24.4 Å². The first kappa shape index (κ1) is 24.6. The van der Waals surface area contributed by atoms with Crippen LogP contribution in [0.1, 0.15) is 84.0 Å². The van der Waals surface area contributed by atoms with Gasteiger partial charge in [-0.15, -0.1) is 0 Å². The molecule has 160 valence electrons. The Balaban J connectivity index is 1.88. The van der Waals surface area contributed by atoms with E-state index in [1.807, 2.05) is 0 Å². The molecule has 0 aromatic heterocycles. The molecule has 4 atom stereocenters. The lowest BCUT2D eigenvalue weighted by atomic mass is 10.1. The van der Waals surface area contributed by atoms with Crippen LogP contribution >= 0.6 is 0 Å². The summed E-state index contributed by atoms with van der Waals surface area (Å²) in [5, 5.41) is 28.7. The Kier molecular flexibility index (Phi) is 15.0. The van der Waals surface area contributed by atoms with Gasteiger partial charge in [-0.05, 0) is 32.1 Å². The first-order chi connectivity index (χ1) is 13.2. The van der Waals surface area contributed by atoms with Gasteiger partial charge in [-0.1, -0.05) is 64.0 Å². The van der Waals surface area contributed by atoms with Crippen molar-refractivity contribution >= 4 is 0 Å². The predicted octanol–water partition coefficient (Wildman–Crippen LogP) is 3.74. The fraction of sp³-hybridized carbons (Fsp3) is 0.909. The molecular formula is C22H42O5. The Bertz CT molecular complexity index is 361. The van der Waals surface area contributed by atoms with Crippen molar-refractivity contribution < 1.29 is 24.8 Å². The van der Waals surface area contributed by atoms with Gasteiger partial charge in [-0.2, -0.15) is 0 Å². The van der Waals surface area contributed by atoms with Gasteiger partial charge in [0.1, 0.15) is 24.4 Å². The lowest BCUT2D eigenvalue weighted by molar-refractivity contribution is -0.101. The molecule has 3 N–H and O–H groups in total. The Hall–Kier alpha value is -0.460. The largest absolute Gasteiger partial charge is 0.394 e. The molecule has 1 aliphatic heterocycles. The first-order valence-corrected chi connectivity index (χ1v) is 11.1. The molecule has 27 heavy (non-hydrogen) atoms. The minimum atomic E-state index is -0.978. The van der Waals surface area contributed by atoms with Gasteiger partial charge < -0.3 is 24.8 Å². The molecule has 5 nitrogen and oxygen atoms in total. The molecule has 0 saturated carbocycles. The molecule has 1 fully saturated rings. The van der Waals surface area contributed by atoms with Crippen LogP contribution < -0.4 is 0 Å². The van der Waals surface area contributed by atoms with Crippen molar-refractivity contribution in [2.24, 2.45) is 0 Å². The van der Waals surface area contributed by atoms with E-state index in [0.717, 1.165) is 12.8 Å². The zero-order valence-electron chi connectivity index (χ0n) is 17.2. The van der Waals surface area contributed by atoms with Crippen LogP contribution in [0.25, 0.3) is 0 Å². The normalized spacial score (nSPS) is 24.1. The van der Waals surface area contributed by atoms with Gasteiger partial charge in [0.05, 0.1) is 13.2 Å². The fourth-order valence-electron chi connectivity index (χ4n) is 3.44. The van der Waals surface area contributed by atoms with Gasteiger partial charge >= 0.3 is 0 Å². The first-order valence-electron chi connectivity index (χ1n) is 11.1.